The van der Waals surface area contributed by atoms with E-state index in [4.69, 9.17) is 11.6 Å². The van der Waals surface area contributed by atoms with Crippen LogP contribution in [0.5, 0.6) is 0 Å². The van der Waals surface area contributed by atoms with Gasteiger partial charge in [0.2, 0.25) is 5.91 Å². The van der Waals surface area contributed by atoms with E-state index in [-0.39, 0.29) is 16.6 Å². The van der Waals surface area contributed by atoms with Crippen molar-refractivity contribution in [3.8, 4) is 0 Å². The van der Waals surface area contributed by atoms with Crippen molar-refractivity contribution in [1.29, 1.82) is 0 Å². The Hall–Kier alpha value is -1.14. The number of nitrogens with one attached hydrogen (secondary N) is 1. The number of alkyl halides is 1. The molecule has 7 heteroatoms. The number of hydrogen-bond acceptors (Lipinski definition) is 3. The topological polar surface area (TPSA) is 72.2 Å². The second kappa shape index (κ2) is 7.45. The second-order valence-corrected chi connectivity index (χ2v) is 5.27. The zero-order valence-corrected chi connectivity index (χ0v) is 12.8. The molecule has 0 aliphatic heterocycles. The molecule has 0 bridgehead atoms. The molecule has 0 atom stereocenters. The van der Waals surface area contributed by atoms with Crippen LogP contribution in [0.4, 0.5) is 11.4 Å². The summed E-state index contributed by atoms with van der Waals surface area (Å²) in [6.45, 7) is 1.69. The van der Waals surface area contributed by atoms with Crippen molar-refractivity contribution >= 4 is 44.8 Å². The van der Waals surface area contributed by atoms with Crippen molar-refractivity contribution in [2.75, 3.05) is 10.6 Å². The van der Waals surface area contributed by atoms with Crippen LogP contribution in [0.2, 0.25) is 5.02 Å². The number of benzene rings is 1. The van der Waals surface area contributed by atoms with E-state index in [0.29, 0.717) is 17.7 Å². The molecule has 5 nitrogen and oxygen atoms in total. The number of hydrogen-bond donors (Lipinski definition) is 1. The van der Waals surface area contributed by atoms with Crippen LogP contribution >= 0.6 is 27.5 Å². The number of carbonyl (C=O) groups excluding carboxylic acids is 1. The third-order valence-corrected chi connectivity index (χ3v) is 3.42. The molecule has 1 aromatic rings. The third-order valence-electron chi connectivity index (χ3n) is 2.55. The molecule has 1 rings (SSSR count). The molecule has 0 fully saturated rings. The summed E-state index contributed by atoms with van der Waals surface area (Å²) in [6.07, 6.45) is 2.13. The number of halogens is 2. The first-order valence-electron chi connectivity index (χ1n) is 5.76. The van der Waals surface area contributed by atoms with E-state index in [2.05, 4.69) is 21.2 Å². The van der Waals surface area contributed by atoms with Crippen molar-refractivity contribution in [2.45, 2.75) is 26.2 Å². The van der Waals surface area contributed by atoms with Gasteiger partial charge in [-0.1, -0.05) is 27.5 Å². The maximum absolute atomic E-state index is 11.7. The van der Waals surface area contributed by atoms with Crippen LogP contribution in [0.3, 0.4) is 0 Å². The summed E-state index contributed by atoms with van der Waals surface area (Å²) in [5.74, 6) is -0.117. The number of anilines is 1. The normalized spacial score (nSPS) is 10.3. The molecule has 0 aliphatic rings. The standard InChI is InChI=1S/C12H14BrClN2O3/c1-8-6-11(16(18)19)9(14)7-10(8)15-12(17)4-2-3-5-13/h6-7H,2-5H2,1H3,(H,15,17). The van der Waals surface area contributed by atoms with Crippen LogP contribution in [0.1, 0.15) is 24.8 Å². The molecule has 0 saturated carbocycles. The Morgan fingerprint density at radius 2 is 2.16 bits per heavy atom. The molecule has 0 aromatic heterocycles. The Morgan fingerprint density at radius 1 is 1.47 bits per heavy atom. The van der Waals surface area contributed by atoms with Gasteiger partial charge in [-0.2, -0.15) is 0 Å². The summed E-state index contributed by atoms with van der Waals surface area (Å²) in [5.41, 5.74) is 0.973. The van der Waals surface area contributed by atoms with E-state index >= 15 is 0 Å². The number of amides is 1. The highest BCUT2D eigenvalue weighted by molar-refractivity contribution is 9.09. The van der Waals surface area contributed by atoms with Gasteiger partial charge in [0, 0.05) is 23.5 Å². The monoisotopic (exact) mass is 348 g/mol. The smallest absolute Gasteiger partial charge is 0.288 e. The number of nitro groups is 1. The lowest BCUT2D eigenvalue weighted by molar-refractivity contribution is -0.384. The van der Waals surface area contributed by atoms with Gasteiger partial charge in [-0.15, -0.1) is 0 Å². The average molecular weight is 350 g/mol. The van der Waals surface area contributed by atoms with Crippen molar-refractivity contribution in [3.63, 3.8) is 0 Å². The lowest BCUT2D eigenvalue weighted by Crippen LogP contribution is -2.12. The first-order valence-corrected chi connectivity index (χ1v) is 7.26. The zero-order chi connectivity index (χ0) is 14.4. The van der Waals surface area contributed by atoms with Gasteiger partial charge in [-0.05, 0) is 31.4 Å². The number of carbonyl (C=O) groups is 1. The van der Waals surface area contributed by atoms with Gasteiger partial charge in [0.05, 0.1) is 4.92 Å². The molecule has 0 saturated heterocycles. The minimum absolute atomic E-state index is 0.0198. The molecular weight excluding hydrogens is 335 g/mol. The fraction of sp³-hybridized carbons (Fsp3) is 0.417. The van der Waals surface area contributed by atoms with Gasteiger partial charge in [-0.25, -0.2) is 0 Å². The average Bonchev–Trinajstić information content (AvgIpc) is 2.33. The Kier molecular flexibility index (Phi) is 6.24. The Bertz CT molecular complexity index is 494. The molecular formula is C12H14BrClN2O3. The Labute approximate surface area is 124 Å². The molecule has 0 unspecified atom stereocenters. The second-order valence-electron chi connectivity index (χ2n) is 4.07. The van der Waals surface area contributed by atoms with Gasteiger partial charge >= 0.3 is 0 Å². The van der Waals surface area contributed by atoms with Crippen LogP contribution in [0, 0.1) is 17.0 Å². The number of unbranched alkanes of at least 4 members (excludes halogenated alkanes) is 1. The fourth-order valence-electron chi connectivity index (χ4n) is 1.53. The predicted octanol–water partition coefficient (Wildman–Crippen LogP) is 4.06. The summed E-state index contributed by atoms with van der Waals surface area (Å²) in [5, 5.41) is 14.3. The molecule has 0 spiro atoms. The summed E-state index contributed by atoms with van der Waals surface area (Å²) < 4.78 is 0. The van der Waals surface area contributed by atoms with Crippen molar-refractivity contribution in [3.05, 3.63) is 32.8 Å². The molecule has 1 amide bonds. The summed E-state index contributed by atoms with van der Waals surface area (Å²) in [7, 11) is 0. The molecule has 1 aromatic carbocycles. The van der Waals surface area contributed by atoms with E-state index in [1.54, 1.807) is 6.92 Å². The third kappa shape index (κ3) is 4.80. The Balaban J connectivity index is 2.77. The van der Waals surface area contributed by atoms with Gasteiger partial charge in [0.25, 0.3) is 5.69 Å². The van der Waals surface area contributed by atoms with E-state index in [1.807, 2.05) is 0 Å². The molecule has 0 aliphatic carbocycles. The van der Waals surface area contributed by atoms with E-state index in [1.165, 1.54) is 12.1 Å². The van der Waals surface area contributed by atoms with Crippen molar-refractivity contribution in [2.24, 2.45) is 0 Å². The number of nitro benzene ring substituents is 1. The van der Waals surface area contributed by atoms with Crippen molar-refractivity contribution in [1.82, 2.24) is 0 Å². The molecule has 1 N–H and O–H groups in total. The minimum atomic E-state index is -0.545. The highest BCUT2D eigenvalue weighted by Gasteiger charge is 2.15. The quantitative estimate of drug-likeness (QED) is 0.364. The van der Waals surface area contributed by atoms with Crippen LogP contribution in [0.15, 0.2) is 12.1 Å². The van der Waals surface area contributed by atoms with Crippen LogP contribution < -0.4 is 5.32 Å². The summed E-state index contributed by atoms with van der Waals surface area (Å²) in [6, 6.07) is 2.77. The lowest BCUT2D eigenvalue weighted by atomic mass is 10.1. The SMILES string of the molecule is Cc1cc([N+](=O)[O-])c(Cl)cc1NC(=O)CCCCBr. The van der Waals surface area contributed by atoms with Gasteiger partial charge < -0.3 is 5.32 Å². The molecule has 104 valence electrons. The first kappa shape index (κ1) is 15.9. The minimum Gasteiger partial charge on any atom is -0.326 e. The largest absolute Gasteiger partial charge is 0.326 e. The van der Waals surface area contributed by atoms with Gasteiger partial charge in [-0.3, -0.25) is 14.9 Å². The van der Waals surface area contributed by atoms with Crippen LogP contribution in [0.25, 0.3) is 0 Å². The number of nitrogens with zero attached hydrogens (tertiary/aromatic N) is 1. The van der Waals surface area contributed by atoms with Gasteiger partial charge in [0.15, 0.2) is 0 Å². The van der Waals surface area contributed by atoms with Gasteiger partial charge in [0.1, 0.15) is 5.02 Å². The number of rotatable bonds is 6. The highest BCUT2D eigenvalue weighted by Crippen LogP contribution is 2.30. The highest BCUT2D eigenvalue weighted by atomic mass is 79.9. The first-order chi connectivity index (χ1) is 8.95. The summed E-state index contributed by atoms with van der Waals surface area (Å²) in [4.78, 5) is 21.8. The number of aryl methyl sites for hydroxylation is 1. The maximum atomic E-state index is 11.7. The predicted molar refractivity (Wildman–Crippen MR) is 79.1 cm³/mol. The summed E-state index contributed by atoms with van der Waals surface area (Å²) >= 11 is 9.10. The maximum Gasteiger partial charge on any atom is 0.288 e. The van der Waals surface area contributed by atoms with Crippen molar-refractivity contribution < 1.29 is 9.72 Å². The lowest BCUT2D eigenvalue weighted by Gasteiger charge is -2.09. The molecule has 0 radical (unpaired) electrons. The van der Waals surface area contributed by atoms with E-state index in [0.717, 1.165) is 18.2 Å². The Morgan fingerprint density at radius 3 is 2.74 bits per heavy atom. The fourth-order valence-corrected chi connectivity index (χ4v) is 2.16. The van der Waals surface area contributed by atoms with Crippen LogP contribution in [-0.2, 0) is 4.79 Å². The van der Waals surface area contributed by atoms with E-state index < -0.39 is 4.92 Å². The van der Waals surface area contributed by atoms with Crippen LogP contribution in [-0.4, -0.2) is 16.2 Å². The zero-order valence-electron chi connectivity index (χ0n) is 10.4. The molecule has 19 heavy (non-hydrogen) atoms. The van der Waals surface area contributed by atoms with E-state index in [9.17, 15) is 14.9 Å². The molecule has 0 heterocycles.